The predicted molar refractivity (Wildman–Crippen MR) is 49.2 cm³/mol. The lowest BCUT2D eigenvalue weighted by molar-refractivity contribution is -0.0683. The Kier molecular flexibility index (Phi) is 2.37. The third-order valence-electron chi connectivity index (χ3n) is 3.16. The number of morpholine rings is 1. The zero-order valence-electron chi connectivity index (χ0n) is 8.12. The summed E-state index contributed by atoms with van der Waals surface area (Å²) < 4.78 is 5.81. The second kappa shape index (κ2) is 3.35. The van der Waals surface area contributed by atoms with Crippen molar-refractivity contribution in [3.8, 4) is 0 Å². The molecule has 2 rings (SSSR count). The number of hydrogen-bond acceptors (Lipinski definition) is 2. The Bertz CT molecular complexity index is 158. The summed E-state index contributed by atoms with van der Waals surface area (Å²) in [6, 6.07) is 0.750. The van der Waals surface area contributed by atoms with Gasteiger partial charge in [-0.05, 0) is 25.3 Å². The van der Waals surface area contributed by atoms with Crippen LogP contribution in [-0.2, 0) is 4.74 Å². The van der Waals surface area contributed by atoms with Gasteiger partial charge in [0.1, 0.15) is 0 Å². The molecule has 2 heterocycles. The van der Waals surface area contributed by atoms with Crippen molar-refractivity contribution in [2.45, 2.75) is 38.8 Å². The second-order valence-corrected chi connectivity index (χ2v) is 4.41. The summed E-state index contributed by atoms with van der Waals surface area (Å²) in [5.41, 5.74) is 0. The summed E-state index contributed by atoms with van der Waals surface area (Å²) in [7, 11) is 0. The van der Waals surface area contributed by atoms with Crippen LogP contribution in [0.1, 0.15) is 26.7 Å². The SMILES string of the molecule is CC(C)[C@H]1CN2CCCC2CO1. The monoisotopic (exact) mass is 169 g/mol. The van der Waals surface area contributed by atoms with E-state index in [1.54, 1.807) is 0 Å². The molecule has 0 aliphatic carbocycles. The van der Waals surface area contributed by atoms with Crippen molar-refractivity contribution < 1.29 is 4.74 Å². The van der Waals surface area contributed by atoms with Gasteiger partial charge in [0.15, 0.2) is 0 Å². The smallest absolute Gasteiger partial charge is 0.0725 e. The molecule has 2 heteroatoms. The Morgan fingerprint density at radius 3 is 3.00 bits per heavy atom. The summed E-state index contributed by atoms with van der Waals surface area (Å²) in [5, 5.41) is 0. The number of nitrogens with zero attached hydrogens (tertiary/aromatic N) is 1. The zero-order valence-corrected chi connectivity index (χ0v) is 8.12. The number of hydrogen-bond donors (Lipinski definition) is 0. The van der Waals surface area contributed by atoms with Crippen LogP contribution in [0, 0.1) is 5.92 Å². The quantitative estimate of drug-likeness (QED) is 0.590. The van der Waals surface area contributed by atoms with Gasteiger partial charge in [-0.15, -0.1) is 0 Å². The molecule has 0 aromatic rings. The van der Waals surface area contributed by atoms with Crippen LogP contribution in [0.15, 0.2) is 0 Å². The first-order valence-electron chi connectivity index (χ1n) is 5.13. The van der Waals surface area contributed by atoms with Crippen LogP contribution in [0.4, 0.5) is 0 Å². The average molecular weight is 169 g/mol. The first-order valence-corrected chi connectivity index (χ1v) is 5.13. The maximum absolute atomic E-state index is 5.81. The van der Waals surface area contributed by atoms with Crippen LogP contribution in [0.2, 0.25) is 0 Å². The van der Waals surface area contributed by atoms with Gasteiger partial charge >= 0.3 is 0 Å². The molecule has 0 bridgehead atoms. The fourth-order valence-electron chi connectivity index (χ4n) is 2.25. The van der Waals surface area contributed by atoms with Crippen LogP contribution >= 0.6 is 0 Å². The van der Waals surface area contributed by atoms with E-state index in [4.69, 9.17) is 4.74 Å². The summed E-state index contributed by atoms with van der Waals surface area (Å²) >= 11 is 0. The van der Waals surface area contributed by atoms with Gasteiger partial charge in [0.05, 0.1) is 12.7 Å². The molecule has 0 spiro atoms. The van der Waals surface area contributed by atoms with Crippen molar-refractivity contribution in [2.75, 3.05) is 19.7 Å². The maximum Gasteiger partial charge on any atom is 0.0725 e. The zero-order chi connectivity index (χ0) is 8.55. The third-order valence-corrected chi connectivity index (χ3v) is 3.16. The van der Waals surface area contributed by atoms with Crippen LogP contribution < -0.4 is 0 Å². The molecule has 0 aromatic carbocycles. The molecule has 0 aromatic heterocycles. The molecule has 0 N–H and O–H groups in total. The molecular formula is C10H19NO. The van der Waals surface area contributed by atoms with E-state index in [1.165, 1.54) is 25.9 Å². The van der Waals surface area contributed by atoms with Crippen LogP contribution in [0.5, 0.6) is 0 Å². The van der Waals surface area contributed by atoms with Crippen molar-refractivity contribution in [2.24, 2.45) is 5.92 Å². The van der Waals surface area contributed by atoms with Gasteiger partial charge in [0.25, 0.3) is 0 Å². The highest BCUT2D eigenvalue weighted by Crippen LogP contribution is 2.24. The molecule has 0 amide bonds. The van der Waals surface area contributed by atoms with Crippen molar-refractivity contribution in [1.29, 1.82) is 0 Å². The van der Waals surface area contributed by atoms with E-state index >= 15 is 0 Å². The van der Waals surface area contributed by atoms with E-state index in [9.17, 15) is 0 Å². The second-order valence-electron chi connectivity index (χ2n) is 4.41. The normalized spacial score (nSPS) is 37.2. The Morgan fingerprint density at radius 2 is 2.25 bits per heavy atom. The minimum Gasteiger partial charge on any atom is -0.375 e. The van der Waals surface area contributed by atoms with Crippen LogP contribution in [0.25, 0.3) is 0 Å². The summed E-state index contributed by atoms with van der Waals surface area (Å²) in [6.45, 7) is 7.95. The van der Waals surface area contributed by atoms with Gasteiger partial charge < -0.3 is 4.74 Å². The van der Waals surface area contributed by atoms with Crippen molar-refractivity contribution in [3.63, 3.8) is 0 Å². The lowest BCUT2D eigenvalue weighted by atomic mass is 10.0. The van der Waals surface area contributed by atoms with E-state index in [-0.39, 0.29) is 0 Å². The molecule has 0 radical (unpaired) electrons. The van der Waals surface area contributed by atoms with E-state index in [0.717, 1.165) is 12.6 Å². The highest BCUT2D eigenvalue weighted by molar-refractivity contribution is 4.85. The minimum absolute atomic E-state index is 0.486. The Morgan fingerprint density at radius 1 is 1.42 bits per heavy atom. The number of rotatable bonds is 1. The largest absolute Gasteiger partial charge is 0.375 e. The molecule has 2 fully saturated rings. The molecule has 12 heavy (non-hydrogen) atoms. The van der Waals surface area contributed by atoms with Gasteiger partial charge in [-0.3, -0.25) is 4.90 Å². The van der Waals surface area contributed by atoms with Gasteiger partial charge in [0.2, 0.25) is 0 Å². The maximum atomic E-state index is 5.81. The van der Waals surface area contributed by atoms with Gasteiger partial charge in [-0.25, -0.2) is 0 Å². The highest BCUT2D eigenvalue weighted by Gasteiger charge is 2.32. The Balaban J connectivity index is 1.92. The lowest BCUT2D eigenvalue weighted by Crippen LogP contribution is -2.47. The predicted octanol–water partition coefficient (Wildman–Crippen LogP) is 1.51. The molecule has 70 valence electrons. The summed E-state index contributed by atoms with van der Waals surface area (Å²) in [4.78, 5) is 2.61. The summed E-state index contributed by atoms with van der Waals surface area (Å²) in [6.07, 6.45) is 3.21. The minimum atomic E-state index is 0.486. The molecule has 0 saturated carbocycles. The molecule has 2 nitrogen and oxygen atoms in total. The van der Waals surface area contributed by atoms with Crippen LogP contribution in [-0.4, -0.2) is 36.7 Å². The standard InChI is InChI=1S/C10H19NO/c1-8(2)10-6-11-5-3-4-9(11)7-12-10/h8-10H,3-7H2,1-2H3/t9?,10-/m1/s1. The lowest BCUT2D eigenvalue weighted by Gasteiger charge is -2.36. The van der Waals surface area contributed by atoms with Gasteiger partial charge in [0, 0.05) is 12.6 Å². The number of ether oxygens (including phenoxy) is 1. The first-order chi connectivity index (χ1) is 5.77. The third kappa shape index (κ3) is 1.50. The van der Waals surface area contributed by atoms with E-state index in [1.807, 2.05) is 0 Å². The fourth-order valence-corrected chi connectivity index (χ4v) is 2.25. The first kappa shape index (κ1) is 8.52. The molecule has 2 aliphatic rings. The summed E-state index contributed by atoms with van der Waals surface area (Å²) in [5.74, 6) is 0.673. The average Bonchev–Trinajstić information content (AvgIpc) is 2.49. The number of fused-ring (bicyclic) bond motifs is 1. The van der Waals surface area contributed by atoms with Crippen molar-refractivity contribution >= 4 is 0 Å². The fraction of sp³-hybridized carbons (Fsp3) is 1.00. The van der Waals surface area contributed by atoms with Gasteiger partial charge in [-0.1, -0.05) is 13.8 Å². The Labute approximate surface area is 74.9 Å². The molecule has 2 aliphatic heterocycles. The van der Waals surface area contributed by atoms with Gasteiger partial charge in [-0.2, -0.15) is 0 Å². The van der Waals surface area contributed by atoms with Crippen molar-refractivity contribution in [1.82, 2.24) is 4.90 Å². The topological polar surface area (TPSA) is 12.5 Å². The molecule has 1 unspecified atom stereocenters. The van der Waals surface area contributed by atoms with Crippen LogP contribution in [0.3, 0.4) is 0 Å². The highest BCUT2D eigenvalue weighted by atomic mass is 16.5. The van der Waals surface area contributed by atoms with E-state index in [0.29, 0.717) is 12.0 Å². The molecule has 2 saturated heterocycles. The van der Waals surface area contributed by atoms with E-state index < -0.39 is 0 Å². The van der Waals surface area contributed by atoms with Crippen molar-refractivity contribution in [3.05, 3.63) is 0 Å². The molecule has 2 atom stereocenters. The Hall–Kier alpha value is -0.0800. The molecular weight excluding hydrogens is 150 g/mol. The van der Waals surface area contributed by atoms with E-state index in [2.05, 4.69) is 18.7 Å².